The summed E-state index contributed by atoms with van der Waals surface area (Å²) in [7, 11) is 1.28. The Labute approximate surface area is 125 Å². The minimum Gasteiger partial charge on any atom is -0.468 e. The maximum atomic E-state index is 12.0. The number of hydrogen-bond acceptors (Lipinski definition) is 5. The Balaban J connectivity index is 2.05. The van der Waals surface area contributed by atoms with Gasteiger partial charge in [-0.25, -0.2) is 4.68 Å². The molecule has 20 heavy (non-hydrogen) atoms. The third kappa shape index (κ3) is 3.59. The van der Waals surface area contributed by atoms with Crippen molar-refractivity contribution in [3.05, 3.63) is 21.0 Å². The van der Waals surface area contributed by atoms with Crippen molar-refractivity contribution < 1.29 is 9.53 Å². The van der Waals surface area contributed by atoms with E-state index in [-0.39, 0.29) is 12.1 Å². The summed E-state index contributed by atoms with van der Waals surface area (Å²) in [6.45, 7) is 2.82. The lowest BCUT2D eigenvalue weighted by Crippen LogP contribution is -2.28. The van der Waals surface area contributed by atoms with Crippen LogP contribution in [0.2, 0.25) is 0 Å². The summed E-state index contributed by atoms with van der Waals surface area (Å²) in [5.41, 5.74) is 0.308. The van der Waals surface area contributed by atoms with Gasteiger partial charge in [-0.2, -0.15) is 5.10 Å². The highest BCUT2D eigenvalue weighted by Gasteiger charge is 2.27. The molecule has 1 aromatic rings. The summed E-state index contributed by atoms with van der Waals surface area (Å²) in [5, 5.41) is 7.21. The highest BCUT2D eigenvalue weighted by molar-refractivity contribution is 9.10. The number of nitrogens with zero attached hydrogens (tertiary/aromatic N) is 2. The van der Waals surface area contributed by atoms with Gasteiger partial charge in [0.2, 0.25) is 0 Å². The molecule has 2 rings (SSSR count). The number of aromatic nitrogens is 2. The molecule has 1 aliphatic carbocycles. The number of halogens is 1. The second-order valence-corrected chi connectivity index (χ2v) is 5.90. The quantitative estimate of drug-likeness (QED) is 0.795. The molecule has 1 saturated carbocycles. The zero-order chi connectivity index (χ0) is 14.7. The van der Waals surface area contributed by atoms with Gasteiger partial charge in [0.15, 0.2) is 0 Å². The fourth-order valence-electron chi connectivity index (χ4n) is 1.99. The zero-order valence-electron chi connectivity index (χ0n) is 11.6. The Kier molecular flexibility index (Phi) is 4.80. The van der Waals surface area contributed by atoms with Crippen LogP contribution < -0.4 is 10.9 Å². The van der Waals surface area contributed by atoms with E-state index < -0.39 is 5.97 Å². The lowest BCUT2D eigenvalue weighted by Gasteiger charge is -2.14. The molecular weight excluding hydrogens is 326 g/mol. The van der Waals surface area contributed by atoms with Gasteiger partial charge in [0.05, 0.1) is 19.0 Å². The van der Waals surface area contributed by atoms with Crippen molar-refractivity contribution in [2.45, 2.75) is 26.3 Å². The van der Waals surface area contributed by atoms with Gasteiger partial charge in [-0.05, 0) is 40.6 Å². The van der Waals surface area contributed by atoms with E-state index in [1.165, 1.54) is 20.0 Å². The molecule has 0 bridgehead atoms. The van der Waals surface area contributed by atoms with E-state index in [9.17, 15) is 9.59 Å². The van der Waals surface area contributed by atoms with Crippen LogP contribution in [0.4, 0.5) is 5.69 Å². The van der Waals surface area contributed by atoms with E-state index in [0.29, 0.717) is 16.1 Å². The largest absolute Gasteiger partial charge is 0.468 e. The molecule has 0 aromatic carbocycles. The molecule has 0 amide bonds. The van der Waals surface area contributed by atoms with Crippen LogP contribution in [0.1, 0.15) is 19.8 Å². The number of esters is 1. The predicted octanol–water partition coefficient (Wildman–Crippen LogP) is 1.64. The van der Waals surface area contributed by atoms with Crippen LogP contribution in [0.25, 0.3) is 0 Å². The van der Waals surface area contributed by atoms with E-state index in [0.717, 1.165) is 17.1 Å². The first kappa shape index (κ1) is 15.0. The van der Waals surface area contributed by atoms with E-state index in [1.807, 2.05) is 0 Å². The number of methoxy groups -OCH3 is 1. The normalized spacial score (nSPS) is 15.8. The molecule has 0 aliphatic heterocycles. The first-order chi connectivity index (χ1) is 9.52. The third-order valence-electron chi connectivity index (χ3n) is 3.53. The first-order valence-electron chi connectivity index (χ1n) is 6.59. The number of carbonyl (C=O) groups excluding carboxylic acids is 1. The molecule has 7 heteroatoms. The summed E-state index contributed by atoms with van der Waals surface area (Å²) in [4.78, 5) is 23.2. The number of rotatable bonds is 6. The molecule has 1 N–H and O–H groups in total. The van der Waals surface area contributed by atoms with Crippen molar-refractivity contribution in [2.75, 3.05) is 19.0 Å². The summed E-state index contributed by atoms with van der Waals surface area (Å²) in [6, 6.07) is 0. The Hall–Kier alpha value is -1.37. The third-order valence-corrected chi connectivity index (χ3v) is 4.30. The highest BCUT2D eigenvalue weighted by Crippen LogP contribution is 2.36. The molecule has 1 heterocycles. The first-order valence-corrected chi connectivity index (χ1v) is 7.38. The van der Waals surface area contributed by atoms with Crippen LogP contribution in [0.3, 0.4) is 0 Å². The monoisotopic (exact) mass is 343 g/mol. The van der Waals surface area contributed by atoms with Gasteiger partial charge in [0, 0.05) is 6.54 Å². The Morgan fingerprint density at radius 1 is 1.65 bits per heavy atom. The van der Waals surface area contributed by atoms with Crippen LogP contribution in [-0.2, 0) is 16.1 Å². The molecule has 1 fully saturated rings. The molecule has 0 radical (unpaired) electrons. The minimum atomic E-state index is -0.505. The average Bonchev–Trinajstić information content (AvgIpc) is 3.27. The topological polar surface area (TPSA) is 73.2 Å². The summed E-state index contributed by atoms with van der Waals surface area (Å²) in [5.74, 6) is 0.878. The highest BCUT2D eigenvalue weighted by atomic mass is 79.9. The number of ether oxygens (including phenoxy) is 1. The van der Waals surface area contributed by atoms with Crippen LogP contribution in [0.15, 0.2) is 15.5 Å². The Bertz CT molecular complexity index is 554. The van der Waals surface area contributed by atoms with Gasteiger partial charge in [-0.15, -0.1) is 0 Å². The summed E-state index contributed by atoms with van der Waals surface area (Å²) in [6.07, 6.45) is 4.14. The molecule has 0 spiro atoms. The van der Waals surface area contributed by atoms with Crippen LogP contribution in [-0.4, -0.2) is 29.4 Å². The number of anilines is 1. The second kappa shape index (κ2) is 6.39. The molecule has 110 valence electrons. The van der Waals surface area contributed by atoms with Crippen LogP contribution in [0, 0.1) is 11.8 Å². The van der Waals surface area contributed by atoms with Crippen molar-refractivity contribution in [3.63, 3.8) is 0 Å². The standard InChI is InChI=1S/C13H18BrN3O3/c1-8(9-3-4-9)5-15-10-6-16-17(7-11(18)20-2)13(19)12(10)14/h6,8-9,15H,3-5,7H2,1-2H3. The van der Waals surface area contributed by atoms with E-state index in [4.69, 9.17) is 0 Å². The van der Waals surface area contributed by atoms with Crippen molar-refractivity contribution in [1.82, 2.24) is 9.78 Å². The van der Waals surface area contributed by atoms with Crippen molar-refractivity contribution >= 4 is 27.6 Å². The number of carbonyl (C=O) groups is 1. The van der Waals surface area contributed by atoms with Gasteiger partial charge >= 0.3 is 5.97 Å². The Morgan fingerprint density at radius 3 is 2.95 bits per heavy atom. The van der Waals surface area contributed by atoms with E-state index in [2.05, 4.69) is 38.0 Å². The maximum Gasteiger partial charge on any atom is 0.327 e. The molecule has 1 aliphatic rings. The number of hydrogen-bond donors (Lipinski definition) is 1. The van der Waals surface area contributed by atoms with Crippen LogP contribution in [0.5, 0.6) is 0 Å². The smallest absolute Gasteiger partial charge is 0.327 e. The van der Waals surface area contributed by atoms with Crippen LogP contribution >= 0.6 is 15.9 Å². The van der Waals surface area contributed by atoms with E-state index in [1.54, 1.807) is 6.20 Å². The molecule has 0 saturated heterocycles. The predicted molar refractivity (Wildman–Crippen MR) is 78.6 cm³/mol. The fraction of sp³-hybridized carbons (Fsp3) is 0.615. The maximum absolute atomic E-state index is 12.0. The van der Waals surface area contributed by atoms with E-state index >= 15 is 0 Å². The second-order valence-electron chi connectivity index (χ2n) is 5.11. The van der Waals surface area contributed by atoms with Gasteiger partial charge < -0.3 is 10.1 Å². The zero-order valence-corrected chi connectivity index (χ0v) is 13.1. The SMILES string of the molecule is COC(=O)Cn1ncc(NCC(C)C2CC2)c(Br)c1=O. The Morgan fingerprint density at radius 2 is 2.35 bits per heavy atom. The molecule has 1 aromatic heterocycles. The molecule has 1 atom stereocenters. The average molecular weight is 344 g/mol. The fourth-order valence-corrected chi connectivity index (χ4v) is 2.44. The lowest BCUT2D eigenvalue weighted by atomic mass is 10.1. The molecule has 1 unspecified atom stereocenters. The summed E-state index contributed by atoms with van der Waals surface area (Å²) >= 11 is 3.26. The van der Waals surface area contributed by atoms with Gasteiger partial charge in [-0.1, -0.05) is 6.92 Å². The minimum absolute atomic E-state index is 0.188. The molecular formula is C13H18BrN3O3. The van der Waals surface area contributed by atoms with Gasteiger partial charge in [0.1, 0.15) is 11.0 Å². The molecule has 6 nitrogen and oxygen atoms in total. The van der Waals surface area contributed by atoms with Gasteiger partial charge in [0.25, 0.3) is 5.56 Å². The summed E-state index contributed by atoms with van der Waals surface area (Å²) < 4.78 is 5.99. The van der Waals surface area contributed by atoms with Gasteiger partial charge in [-0.3, -0.25) is 9.59 Å². The lowest BCUT2D eigenvalue weighted by molar-refractivity contribution is -0.141. The van der Waals surface area contributed by atoms with Crippen molar-refractivity contribution in [3.8, 4) is 0 Å². The van der Waals surface area contributed by atoms with Crippen molar-refractivity contribution in [1.29, 1.82) is 0 Å². The van der Waals surface area contributed by atoms with Crippen molar-refractivity contribution in [2.24, 2.45) is 11.8 Å². The number of nitrogens with one attached hydrogen (secondary N) is 1.